The first kappa shape index (κ1) is 18.7. The average molecular weight is 351 g/mol. The SMILES string of the molecule is CCOP(=S)(OCC)N(C(C)C)S(=O)(=O)c1ccccc1. The fraction of sp³-hybridized carbons (Fsp3) is 0.538. The number of nitrogens with zero attached hydrogens (tertiary/aromatic N) is 1. The van der Waals surface area contributed by atoms with Crippen molar-refractivity contribution in [2.75, 3.05) is 13.2 Å². The molecule has 1 rings (SSSR count). The molecule has 0 unspecified atom stereocenters. The van der Waals surface area contributed by atoms with Crippen molar-refractivity contribution in [1.29, 1.82) is 0 Å². The molecule has 0 saturated carbocycles. The molecule has 5 nitrogen and oxygen atoms in total. The summed E-state index contributed by atoms with van der Waals surface area (Å²) in [6.07, 6.45) is 0. The van der Waals surface area contributed by atoms with Crippen molar-refractivity contribution in [2.45, 2.75) is 38.6 Å². The fourth-order valence-corrected chi connectivity index (χ4v) is 8.27. The Labute approximate surface area is 132 Å². The van der Waals surface area contributed by atoms with E-state index in [4.69, 9.17) is 20.9 Å². The van der Waals surface area contributed by atoms with Crippen molar-refractivity contribution in [2.24, 2.45) is 0 Å². The zero-order valence-electron chi connectivity index (χ0n) is 12.7. The maximum atomic E-state index is 12.9. The highest BCUT2D eigenvalue weighted by Crippen LogP contribution is 2.56. The highest BCUT2D eigenvalue weighted by Gasteiger charge is 2.40. The monoisotopic (exact) mass is 351 g/mol. The van der Waals surface area contributed by atoms with Crippen LogP contribution in [0.1, 0.15) is 27.7 Å². The third-order valence-corrected chi connectivity index (χ3v) is 9.21. The predicted molar refractivity (Wildman–Crippen MR) is 88.1 cm³/mol. The van der Waals surface area contributed by atoms with Crippen molar-refractivity contribution in [3.63, 3.8) is 0 Å². The summed E-state index contributed by atoms with van der Waals surface area (Å²) in [6, 6.07) is 7.84. The summed E-state index contributed by atoms with van der Waals surface area (Å²) in [5, 5.41) is 0. The van der Waals surface area contributed by atoms with Gasteiger partial charge in [0.1, 0.15) is 0 Å². The van der Waals surface area contributed by atoms with Crippen molar-refractivity contribution >= 4 is 28.5 Å². The van der Waals surface area contributed by atoms with E-state index in [-0.39, 0.29) is 10.9 Å². The van der Waals surface area contributed by atoms with Gasteiger partial charge in [0.2, 0.25) is 0 Å². The summed E-state index contributed by atoms with van der Waals surface area (Å²) in [7, 11) is -3.77. The van der Waals surface area contributed by atoms with Crippen LogP contribution >= 0.6 is 6.64 Å². The molecule has 21 heavy (non-hydrogen) atoms. The summed E-state index contributed by atoms with van der Waals surface area (Å²) in [5.41, 5.74) is 0. The Morgan fingerprint density at radius 2 is 1.62 bits per heavy atom. The molecule has 1 aromatic rings. The molecular weight excluding hydrogens is 329 g/mol. The van der Waals surface area contributed by atoms with E-state index >= 15 is 0 Å². The minimum absolute atomic E-state index is 0.187. The molecular formula is C13H22NO4PS2. The van der Waals surface area contributed by atoms with Crippen LogP contribution in [0, 0.1) is 0 Å². The second-order valence-electron chi connectivity index (χ2n) is 4.49. The second-order valence-corrected chi connectivity index (χ2v) is 9.84. The lowest BCUT2D eigenvalue weighted by Crippen LogP contribution is -2.35. The maximum absolute atomic E-state index is 12.9. The fourth-order valence-electron chi connectivity index (χ4n) is 1.87. The Balaban J connectivity index is 3.38. The lowest BCUT2D eigenvalue weighted by molar-refractivity contribution is 0.232. The highest BCUT2D eigenvalue weighted by atomic mass is 32.5. The van der Waals surface area contributed by atoms with Gasteiger partial charge < -0.3 is 9.05 Å². The topological polar surface area (TPSA) is 55.8 Å². The van der Waals surface area contributed by atoms with Gasteiger partial charge >= 0.3 is 0 Å². The van der Waals surface area contributed by atoms with Gasteiger partial charge in [0.25, 0.3) is 16.7 Å². The molecule has 0 amide bonds. The number of benzene rings is 1. The molecule has 0 heterocycles. The van der Waals surface area contributed by atoms with Crippen LogP contribution < -0.4 is 0 Å². The van der Waals surface area contributed by atoms with E-state index in [1.165, 1.54) is 4.08 Å². The van der Waals surface area contributed by atoms with Crippen LogP contribution in [0.4, 0.5) is 0 Å². The molecule has 0 aliphatic rings. The molecule has 8 heteroatoms. The first-order valence-corrected chi connectivity index (χ1v) is 10.8. The van der Waals surface area contributed by atoms with Crippen molar-refractivity contribution in [3.05, 3.63) is 30.3 Å². The largest absolute Gasteiger partial charge is 0.317 e. The van der Waals surface area contributed by atoms with Gasteiger partial charge in [-0.25, -0.2) is 8.42 Å². The molecule has 0 saturated heterocycles. The molecule has 0 aromatic heterocycles. The highest BCUT2D eigenvalue weighted by molar-refractivity contribution is 8.13. The quantitative estimate of drug-likeness (QED) is 0.672. The van der Waals surface area contributed by atoms with Crippen LogP contribution in [0.25, 0.3) is 0 Å². The van der Waals surface area contributed by atoms with Gasteiger partial charge in [0.15, 0.2) is 0 Å². The van der Waals surface area contributed by atoms with Crippen molar-refractivity contribution in [3.8, 4) is 0 Å². The molecule has 1 aromatic carbocycles. The second kappa shape index (κ2) is 7.81. The molecule has 0 aliphatic heterocycles. The van der Waals surface area contributed by atoms with Crippen LogP contribution in [0.3, 0.4) is 0 Å². The van der Waals surface area contributed by atoms with Crippen LogP contribution in [0.5, 0.6) is 0 Å². The third kappa shape index (κ3) is 4.34. The maximum Gasteiger partial charge on any atom is 0.278 e. The Bertz CT molecular complexity index is 579. The Morgan fingerprint density at radius 1 is 1.14 bits per heavy atom. The van der Waals surface area contributed by atoms with E-state index in [9.17, 15) is 8.42 Å². The summed E-state index contributed by atoms with van der Waals surface area (Å²) in [6.45, 7) is 4.57. The summed E-state index contributed by atoms with van der Waals surface area (Å²) >= 11 is 5.46. The molecule has 120 valence electrons. The van der Waals surface area contributed by atoms with Crippen molar-refractivity contribution < 1.29 is 17.5 Å². The molecule has 0 N–H and O–H groups in total. The van der Waals surface area contributed by atoms with Gasteiger partial charge in [-0.2, -0.15) is 0 Å². The van der Waals surface area contributed by atoms with E-state index in [1.54, 1.807) is 58.0 Å². The lowest BCUT2D eigenvalue weighted by Gasteiger charge is -2.34. The van der Waals surface area contributed by atoms with Gasteiger partial charge in [-0.1, -0.05) is 18.2 Å². The Hall–Kier alpha value is -0.300. The number of hydrogen-bond acceptors (Lipinski definition) is 5. The van der Waals surface area contributed by atoms with Crippen LogP contribution in [-0.2, 0) is 30.9 Å². The zero-order chi connectivity index (χ0) is 16.1. The molecule has 0 spiro atoms. The van der Waals surface area contributed by atoms with Crippen molar-refractivity contribution in [1.82, 2.24) is 4.08 Å². The summed E-state index contributed by atoms with van der Waals surface area (Å²) < 4.78 is 38.1. The van der Waals surface area contributed by atoms with E-state index in [0.717, 1.165) is 0 Å². The normalized spacial score (nSPS) is 13.0. The molecule has 0 radical (unpaired) electrons. The summed E-state index contributed by atoms with van der Waals surface area (Å²) in [5.74, 6) is 0. The minimum Gasteiger partial charge on any atom is -0.317 e. The molecule has 0 bridgehead atoms. The Morgan fingerprint density at radius 3 is 2.00 bits per heavy atom. The van der Waals surface area contributed by atoms with Crippen LogP contribution in [0.2, 0.25) is 0 Å². The van der Waals surface area contributed by atoms with E-state index in [1.807, 2.05) is 0 Å². The average Bonchev–Trinajstić information content (AvgIpc) is 2.39. The molecule has 0 fully saturated rings. The molecule has 0 atom stereocenters. The van der Waals surface area contributed by atoms with Gasteiger partial charge in [-0.3, -0.25) is 0 Å². The standard InChI is InChI=1S/C13H22NO4PS2/c1-5-17-19(20,18-6-2)14(12(3)4)21(15,16)13-10-8-7-9-11-13/h7-12H,5-6H2,1-4H3. The number of sulfonamides is 1. The van der Waals surface area contributed by atoms with Gasteiger partial charge in [-0.15, -0.1) is 4.08 Å². The first-order valence-electron chi connectivity index (χ1n) is 6.78. The number of hydrogen-bond donors (Lipinski definition) is 0. The van der Waals surface area contributed by atoms with Crippen LogP contribution in [-0.4, -0.2) is 31.7 Å². The minimum atomic E-state index is -3.77. The zero-order valence-corrected chi connectivity index (χ0v) is 15.2. The smallest absolute Gasteiger partial charge is 0.278 e. The third-order valence-electron chi connectivity index (χ3n) is 2.55. The number of rotatable bonds is 8. The van der Waals surface area contributed by atoms with E-state index in [2.05, 4.69) is 0 Å². The van der Waals surface area contributed by atoms with Gasteiger partial charge in [-0.05, 0) is 51.6 Å². The van der Waals surface area contributed by atoms with E-state index in [0.29, 0.717) is 13.2 Å². The summed E-state index contributed by atoms with van der Waals surface area (Å²) in [4.78, 5) is 0.187. The first-order chi connectivity index (χ1) is 9.79. The lowest BCUT2D eigenvalue weighted by atomic mass is 10.4. The van der Waals surface area contributed by atoms with Gasteiger partial charge in [0, 0.05) is 6.04 Å². The van der Waals surface area contributed by atoms with E-state index < -0.39 is 16.7 Å². The van der Waals surface area contributed by atoms with Gasteiger partial charge in [0.05, 0.1) is 18.1 Å². The predicted octanol–water partition coefficient (Wildman–Crippen LogP) is 3.38. The Kier molecular flexibility index (Phi) is 6.97. The van der Waals surface area contributed by atoms with Crippen LogP contribution in [0.15, 0.2) is 35.2 Å². The molecule has 0 aliphatic carbocycles.